The Morgan fingerprint density at radius 2 is 1.63 bits per heavy atom. The number of fused-ring (bicyclic) bond motifs is 5. The smallest absolute Gasteiger partial charge is 0.343 e. The molecule has 8 rings (SSSR count). The zero-order chi connectivity index (χ0) is 56.8. The SMILES string of the molecule is CC[C@@]1(O)C(=O)OCc2c1cc1n(c2=O)Cc2c-1nc1cc(Cl)c(C)c3c1c2[C@@H](NC(=O)[C@H](C)OCNC(=O)CNC(=O)[C@H](Cc1ccccc1)NC(=O)CNC(=O)CNC(=O)CCCC#Cc1cnc(S(C)(=O)=O)nc1)CC3. The topological polar surface area (TPSA) is 325 Å². The number of carbonyl (C=O) groups is 7. The maximum absolute atomic E-state index is 14.0. The number of rotatable bonds is 20. The fourth-order valence-corrected chi connectivity index (χ4v) is 10.3. The number of hydrogen-bond acceptors (Lipinski definition) is 16. The van der Waals surface area contributed by atoms with Crippen molar-refractivity contribution in [3.8, 4) is 23.2 Å². The molecule has 6 amide bonds. The van der Waals surface area contributed by atoms with Crippen LogP contribution in [0, 0.1) is 18.8 Å². The number of cyclic esters (lactones) is 1. The minimum absolute atomic E-state index is 0.0224. The van der Waals surface area contributed by atoms with Crippen molar-refractivity contribution in [2.24, 2.45) is 0 Å². The van der Waals surface area contributed by atoms with Gasteiger partial charge in [0.2, 0.25) is 50.4 Å². The number of sulfone groups is 1. The molecule has 3 aliphatic rings. The third-order valence-corrected chi connectivity index (χ3v) is 15.1. The summed E-state index contributed by atoms with van der Waals surface area (Å²) in [6.07, 6.45) is 4.24. The Bertz CT molecular complexity index is 3530. The number of hydrogen-bond donors (Lipinski definition) is 7. The van der Waals surface area contributed by atoms with E-state index in [4.69, 9.17) is 26.1 Å². The summed E-state index contributed by atoms with van der Waals surface area (Å²) in [7, 11) is -3.54. The number of unbranched alkanes of at least 4 members (excludes halogenated alkanes) is 1. The zero-order valence-corrected chi connectivity index (χ0v) is 45.1. The highest BCUT2D eigenvalue weighted by Gasteiger charge is 2.46. The fourth-order valence-electron chi connectivity index (χ4n) is 9.55. The van der Waals surface area contributed by atoms with Crippen LogP contribution in [0.4, 0.5) is 0 Å². The van der Waals surface area contributed by atoms with E-state index in [2.05, 4.69) is 53.7 Å². The molecule has 0 saturated carbocycles. The van der Waals surface area contributed by atoms with Crippen LogP contribution in [0.3, 0.4) is 0 Å². The van der Waals surface area contributed by atoms with Crippen LogP contribution in [0.25, 0.3) is 22.3 Å². The lowest BCUT2D eigenvalue weighted by Gasteiger charge is -2.31. The van der Waals surface area contributed by atoms with Crippen molar-refractivity contribution in [2.45, 2.75) is 108 Å². The Hall–Kier alpha value is -8.11. The molecule has 1 aliphatic carbocycles. The number of halogens is 1. The van der Waals surface area contributed by atoms with E-state index in [1.165, 1.54) is 23.9 Å². The summed E-state index contributed by atoms with van der Waals surface area (Å²) >= 11 is 6.72. The number of pyridine rings is 2. The fraction of sp³-hybridized carbons (Fsp3) is 0.389. The third kappa shape index (κ3) is 12.9. The lowest BCUT2D eigenvalue weighted by molar-refractivity contribution is -0.172. The molecule has 0 radical (unpaired) electrons. The van der Waals surface area contributed by atoms with Crippen molar-refractivity contribution in [2.75, 3.05) is 32.6 Å². The van der Waals surface area contributed by atoms with Crippen molar-refractivity contribution in [1.82, 2.24) is 51.4 Å². The molecule has 0 spiro atoms. The van der Waals surface area contributed by atoms with Gasteiger partial charge in [0.15, 0.2) is 5.60 Å². The lowest BCUT2D eigenvalue weighted by Crippen LogP contribution is -2.52. The van der Waals surface area contributed by atoms with Crippen LogP contribution in [0.2, 0.25) is 5.02 Å². The monoisotopic (exact) mass is 1120 g/mol. The second-order valence-electron chi connectivity index (χ2n) is 19.2. The van der Waals surface area contributed by atoms with Crippen LogP contribution in [-0.4, -0.2) is 119 Å². The number of amides is 6. The Morgan fingerprint density at radius 3 is 2.35 bits per heavy atom. The van der Waals surface area contributed by atoms with Crippen LogP contribution >= 0.6 is 11.6 Å². The number of aromatic nitrogens is 4. The first-order chi connectivity index (χ1) is 37.7. The molecule has 0 fully saturated rings. The minimum Gasteiger partial charge on any atom is -0.458 e. The molecule has 7 N–H and O–H groups in total. The Morgan fingerprint density at radius 1 is 0.937 bits per heavy atom. The second-order valence-corrected chi connectivity index (χ2v) is 21.5. The van der Waals surface area contributed by atoms with E-state index in [9.17, 15) is 51.9 Å². The van der Waals surface area contributed by atoms with Gasteiger partial charge in [-0.25, -0.2) is 28.2 Å². The van der Waals surface area contributed by atoms with Gasteiger partial charge in [0, 0.05) is 59.4 Å². The zero-order valence-electron chi connectivity index (χ0n) is 43.5. The highest BCUT2D eigenvalue weighted by molar-refractivity contribution is 7.90. The summed E-state index contributed by atoms with van der Waals surface area (Å²) < 4.78 is 35.5. The maximum atomic E-state index is 14.0. The number of benzene rings is 2. The van der Waals surface area contributed by atoms with Crippen LogP contribution in [0.15, 0.2) is 64.8 Å². The molecule has 3 aromatic heterocycles. The van der Waals surface area contributed by atoms with E-state index >= 15 is 0 Å². The first-order valence-electron chi connectivity index (χ1n) is 25.3. The Balaban J connectivity index is 0.811. The van der Waals surface area contributed by atoms with E-state index in [0.717, 1.165) is 28.3 Å². The van der Waals surface area contributed by atoms with Gasteiger partial charge in [-0.1, -0.05) is 60.7 Å². The Kier molecular flexibility index (Phi) is 17.5. The van der Waals surface area contributed by atoms with Crippen molar-refractivity contribution >= 4 is 73.8 Å². The first-order valence-corrected chi connectivity index (χ1v) is 27.6. The normalized spacial score (nSPS) is 16.6. The number of esters is 1. The summed E-state index contributed by atoms with van der Waals surface area (Å²) in [4.78, 5) is 117. The number of aliphatic hydroxyl groups is 1. The van der Waals surface area contributed by atoms with Crippen LogP contribution in [-0.2, 0) is 84.5 Å². The van der Waals surface area contributed by atoms with Gasteiger partial charge >= 0.3 is 5.97 Å². The lowest BCUT2D eigenvalue weighted by atomic mass is 9.81. The van der Waals surface area contributed by atoms with E-state index in [0.29, 0.717) is 64.3 Å². The van der Waals surface area contributed by atoms with Gasteiger partial charge in [-0.2, -0.15) is 0 Å². The maximum Gasteiger partial charge on any atom is 0.343 e. The molecule has 5 heterocycles. The van der Waals surface area contributed by atoms with Crippen molar-refractivity contribution in [3.05, 3.63) is 115 Å². The highest BCUT2D eigenvalue weighted by Crippen LogP contribution is 2.46. The predicted octanol–water partition coefficient (Wildman–Crippen LogP) is 1.12. The van der Waals surface area contributed by atoms with Gasteiger partial charge in [0.1, 0.15) is 25.5 Å². The molecule has 23 nitrogen and oxygen atoms in total. The van der Waals surface area contributed by atoms with E-state index in [-0.39, 0.29) is 48.7 Å². The molecule has 2 aliphatic heterocycles. The number of carbonyl (C=O) groups excluding carboxylic acids is 7. The second kappa shape index (κ2) is 24.3. The Labute approximate surface area is 458 Å². The molecule has 414 valence electrons. The van der Waals surface area contributed by atoms with Crippen molar-refractivity contribution < 1.29 is 56.6 Å². The van der Waals surface area contributed by atoms with Crippen LogP contribution in [0.1, 0.15) is 96.5 Å². The van der Waals surface area contributed by atoms with Gasteiger partial charge in [-0.05, 0) is 73.9 Å². The average Bonchev–Trinajstić information content (AvgIpc) is 4.04. The summed E-state index contributed by atoms with van der Waals surface area (Å²) in [5.41, 5.74) is 3.66. The number of nitrogens with one attached hydrogen (secondary N) is 6. The van der Waals surface area contributed by atoms with Gasteiger partial charge in [0.25, 0.3) is 5.56 Å². The molecular weight excluding hydrogens is 1060 g/mol. The average molecular weight is 1120 g/mol. The molecule has 79 heavy (non-hydrogen) atoms. The molecule has 2 aromatic carbocycles. The van der Waals surface area contributed by atoms with Gasteiger partial charge in [0.05, 0.1) is 60.3 Å². The summed E-state index contributed by atoms with van der Waals surface area (Å²) in [6.45, 7) is 2.98. The van der Waals surface area contributed by atoms with Gasteiger partial charge < -0.3 is 51.0 Å². The van der Waals surface area contributed by atoms with Gasteiger partial charge in [-0.15, -0.1) is 0 Å². The standard InChI is InChI=1S/C54H57ClN10O13S/c1-5-54(74)36-19-41-48-34(26-65(41)51(72)35(36)27-77-52(54)73)47-38(17-16-33-29(2)37(55)20-39(63-48)46(33)47)64-49(70)30(3)78-28-61-44(68)24-58-50(71)40(18-31-12-8-6-9-13-31)62-45(69)25-57-43(67)23-56-42(66)15-11-7-10-14-32-21-59-53(60-22-32)79(4,75)76/h6,8-9,12-13,19-22,30,38,40,74H,5,7,11,15-18,23-28H2,1-4H3,(H,56,66)(H,57,67)(H,58,71)(H,61,68)(H,62,69)(H,64,70)/t30-,38-,40-,54-/m0/s1. The minimum atomic E-state index is -3.54. The predicted molar refractivity (Wildman–Crippen MR) is 284 cm³/mol. The third-order valence-electron chi connectivity index (χ3n) is 13.8. The number of aryl methyl sites for hydroxylation is 1. The van der Waals surface area contributed by atoms with Crippen molar-refractivity contribution in [3.63, 3.8) is 0 Å². The van der Waals surface area contributed by atoms with Gasteiger partial charge in [-0.3, -0.25) is 33.6 Å². The summed E-state index contributed by atoms with van der Waals surface area (Å²) in [5, 5.41) is 28.0. The highest BCUT2D eigenvalue weighted by atomic mass is 35.5. The van der Waals surface area contributed by atoms with E-state index in [1.54, 1.807) is 49.4 Å². The number of nitrogens with zero attached hydrogens (tertiary/aromatic N) is 4. The van der Waals surface area contributed by atoms with Crippen molar-refractivity contribution in [1.29, 1.82) is 0 Å². The molecule has 0 saturated heterocycles. The summed E-state index contributed by atoms with van der Waals surface area (Å²) in [6, 6.07) is 10.4. The van der Waals surface area contributed by atoms with Crippen LogP contribution < -0.4 is 37.5 Å². The van der Waals surface area contributed by atoms with E-state index in [1.807, 2.05) is 6.92 Å². The summed E-state index contributed by atoms with van der Waals surface area (Å²) in [5.74, 6) is 1.10. The van der Waals surface area contributed by atoms with Crippen LogP contribution in [0.5, 0.6) is 0 Å². The first kappa shape index (κ1) is 57.1. The molecule has 0 bridgehead atoms. The molecular formula is C54H57ClN10O13S. The largest absolute Gasteiger partial charge is 0.458 e. The molecule has 4 atom stereocenters. The molecule has 0 unspecified atom stereocenters. The molecule has 25 heteroatoms. The molecule has 5 aromatic rings. The number of ether oxygens (including phenoxy) is 2. The van der Waals surface area contributed by atoms with E-state index < -0.39 is 107 Å². The quantitative estimate of drug-likeness (QED) is 0.0185.